The van der Waals surface area contributed by atoms with Crippen LogP contribution in [0.25, 0.3) is 11.4 Å². The van der Waals surface area contributed by atoms with Crippen molar-refractivity contribution in [2.75, 3.05) is 7.05 Å². The maximum absolute atomic E-state index is 11.7. The Kier molecular flexibility index (Phi) is 4.82. The minimum atomic E-state index is -3.46. The van der Waals surface area contributed by atoms with Gasteiger partial charge in [-0.15, -0.1) is 0 Å². The molecule has 1 heterocycles. The zero-order chi connectivity index (χ0) is 17.9. The van der Waals surface area contributed by atoms with Crippen LogP contribution in [-0.4, -0.2) is 25.6 Å². The summed E-state index contributed by atoms with van der Waals surface area (Å²) in [5, 5.41) is 3.96. The normalized spacial score (nSPS) is 11.4. The Bertz CT molecular complexity index is 966. The van der Waals surface area contributed by atoms with E-state index in [1.54, 1.807) is 12.1 Å². The Morgan fingerprint density at radius 2 is 1.84 bits per heavy atom. The number of ether oxygens (including phenoxy) is 1. The molecule has 3 aromatic rings. The fraction of sp³-hybridized carbons (Fsp3) is 0.176. The third-order valence-electron chi connectivity index (χ3n) is 3.62. The minimum absolute atomic E-state index is 0.0943. The van der Waals surface area contributed by atoms with Gasteiger partial charge in [-0.1, -0.05) is 29.4 Å². The van der Waals surface area contributed by atoms with Crippen molar-refractivity contribution in [2.24, 2.45) is 0 Å². The molecule has 2 aromatic carbocycles. The van der Waals surface area contributed by atoms with E-state index in [0.717, 1.165) is 11.1 Å². The molecule has 0 fully saturated rings. The first-order valence-corrected chi connectivity index (χ1v) is 9.03. The molecule has 7 nitrogen and oxygen atoms in total. The number of hydrogen-bond acceptors (Lipinski definition) is 6. The van der Waals surface area contributed by atoms with Crippen LogP contribution in [0, 0.1) is 6.92 Å². The first-order chi connectivity index (χ1) is 12.0. The van der Waals surface area contributed by atoms with E-state index < -0.39 is 10.0 Å². The van der Waals surface area contributed by atoms with Crippen molar-refractivity contribution < 1.29 is 17.7 Å². The molecule has 3 rings (SSSR count). The van der Waals surface area contributed by atoms with Crippen molar-refractivity contribution >= 4 is 10.0 Å². The van der Waals surface area contributed by atoms with Gasteiger partial charge in [0.15, 0.2) is 6.61 Å². The quantitative estimate of drug-likeness (QED) is 0.727. The van der Waals surface area contributed by atoms with Crippen LogP contribution in [0.5, 0.6) is 5.75 Å². The number of aromatic nitrogens is 2. The highest BCUT2D eigenvalue weighted by atomic mass is 32.2. The summed E-state index contributed by atoms with van der Waals surface area (Å²) in [5.41, 5.74) is 1.95. The molecule has 0 saturated heterocycles. The van der Waals surface area contributed by atoms with Gasteiger partial charge < -0.3 is 9.26 Å². The second-order valence-electron chi connectivity index (χ2n) is 5.29. The first kappa shape index (κ1) is 17.1. The lowest BCUT2D eigenvalue weighted by molar-refractivity contribution is 0.243. The average Bonchev–Trinajstić information content (AvgIpc) is 3.09. The Labute approximate surface area is 145 Å². The lowest BCUT2D eigenvalue weighted by atomic mass is 10.1. The number of benzene rings is 2. The molecule has 1 aromatic heterocycles. The Morgan fingerprint density at radius 3 is 2.52 bits per heavy atom. The predicted octanol–water partition coefficient (Wildman–Crippen LogP) is 2.53. The fourth-order valence-electron chi connectivity index (χ4n) is 2.22. The summed E-state index contributed by atoms with van der Waals surface area (Å²) in [6, 6.07) is 13.8. The number of hydrogen-bond donors (Lipinski definition) is 1. The maximum atomic E-state index is 11.7. The van der Waals surface area contributed by atoms with Gasteiger partial charge in [0.05, 0.1) is 4.90 Å². The van der Waals surface area contributed by atoms with Gasteiger partial charge in [0.1, 0.15) is 5.75 Å². The van der Waals surface area contributed by atoms with E-state index in [0.29, 0.717) is 17.5 Å². The van der Waals surface area contributed by atoms with Crippen LogP contribution in [-0.2, 0) is 16.6 Å². The van der Waals surface area contributed by atoms with Gasteiger partial charge in [-0.05, 0) is 43.8 Å². The SMILES string of the molecule is CNS(=O)(=O)c1ccc(OCc2nc(-c3ccccc3C)no2)cc1. The first-order valence-electron chi connectivity index (χ1n) is 7.54. The van der Waals surface area contributed by atoms with Crippen LogP contribution in [0.2, 0.25) is 0 Å². The molecule has 8 heteroatoms. The number of aryl methyl sites for hydroxylation is 1. The lowest BCUT2D eigenvalue weighted by Crippen LogP contribution is -2.18. The van der Waals surface area contributed by atoms with Crippen LogP contribution in [0.3, 0.4) is 0 Å². The van der Waals surface area contributed by atoms with E-state index in [-0.39, 0.29) is 11.5 Å². The van der Waals surface area contributed by atoms with Crippen molar-refractivity contribution in [1.82, 2.24) is 14.9 Å². The third kappa shape index (κ3) is 3.86. The van der Waals surface area contributed by atoms with Gasteiger partial charge in [-0.3, -0.25) is 0 Å². The topological polar surface area (TPSA) is 94.3 Å². The predicted molar refractivity (Wildman–Crippen MR) is 91.5 cm³/mol. The van der Waals surface area contributed by atoms with Gasteiger partial charge in [0, 0.05) is 5.56 Å². The summed E-state index contributed by atoms with van der Waals surface area (Å²) in [4.78, 5) is 4.49. The molecule has 1 N–H and O–H groups in total. The minimum Gasteiger partial charge on any atom is -0.484 e. The number of nitrogens with one attached hydrogen (secondary N) is 1. The smallest absolute Gasteiger partial charge is 0.264 e. The number of sulfonamides is 1. The second kappa shape index (κ2) is 7.04. The van der Waals surface area contributed by atoms with Gasteiger partial charge in [-0.25, -0.2) is 13.1 Å². The van der Waals surface area contributed by atoms with Gasteiger partial charge >= 0.3 is 0 Å². The standard InChI is InChI=1S/C17H17N3O4S/c1-12-5-3-4-6-15(12)17-19-16(24-20-17)11-23-13-7-9-14(10-8-13)25(21,22)18-2/h3-10,18H,11H2,1-2H3. The molecule has 0 radical (unpaired) electrons. The van der Waals surface area contributed by atoms with E-state index >= 15 is 0 Å². The van der Waals surface area contributed by atoms with Crippen LogP contribution in [0.1, 0.15) is 11.5 Å². The van der Waals surface area contributed by atoms with E-state index in [1.165, 1.54) is 19.2 Å². The second-order valence-corrected chi connectivity index (χ2v) is 7.18. The van der Waals surface area contributed by atoms with Gasteiger partial charge in [0.25, 0.3) is 5.89 Å². The molecule has 130 valence electrons. The largest absolute Gasteiger partial charge is 0.484 e. The summed E-state index contributed by atoms with van der Waals surface area (Å²) in [6.07, 6.45) is 0. The maximum Gasteiger partial charge on any atom is 0.264 e. The molecular formula is C17H17N3O4S. The van der Waals surface area contributed by atoms with Crippen LogP contribution in [0.4, 0.5) is 0 Å². The van der Waals surface area contributed by atoms with Crippen LogP contribution < -0.4 is 9.46 Å². The van der Waals surface area contributed by atoms with E-state index in [9.17, 15) is 8.42 Å². The van der Waals surface area contributed by atoms with Crippen LogP contribution >= 0.6 is 0 Å². The lowest BCUT2D eigenvalue weighted by Gasteiger charge is -2.05. The highest BCUT2D eigenvalue weighted by molar-refractivity contribution is 7.89. The van der Waals surface area contributed by atoms with Crippen molar-refractivity contribution in [1.29, 1.82) is 0 Å². The van der Waals surface area contributed by atoms with Gasteiger partial charge in [0.2, 0.25) is 15.8 Å². The summed E-state index contributed by atoms with van der Waals surface area (Å²) < 4.78 is 36.4. The van der Waals surface area contributed by atoms with Crippen molar-refractivity contribution in [2.45, 2.75) is 18.4 Å². The molecule has 25 heavy (non-hydrogen) atoms. The highest BCUT2D eigenvalue weighted by Crippen LogP contribution is 2.21. The molecule has 0 aliphatic carbocycles. The van der Waals surface area contributed by atoms with Crippen molar-refractivity contribution in [3.63, 3.8) is 0 Å². The molecule has 0 amide bonds. The third-order valence-corrected chi connectivity index (χ3v) is 5.05. The number of rotatable bonds is 6. The molecular weight excluding hydrogens is 342 g/mol. The van der Waals surface area contributed by atoms with E-state index in [1.807, 2.05) is 31.2 Å². The van der Waals surface area contributed by atoms with Crippen LogP contribution in [0.15, 0.2) is 57.9 Å². The molecule has 0 aliphatic rings. The Balaban J connectivity index is 1.68. The summed E-state index contributed by atoms with van der Waals surface area (Å²) in [7, 11) is -2.10. The summed E-state index contributed by atoms with van der Waals surface area (Å²) in [5.74, 6) is 1.35. The van der Waals surface area contributed by atoms with E-state index in [2.05, 4.69) is 14.9 Å². The fourth-order valence-corrected chi connectivity index (χ4v) is 2.95. The Hall–Kier alpha value is -2.71. The average molecular weight is 359 g/mol. The molecule has 0 bridgehead atoms. The summed E-state index contributed by atoms with van der Waals surface area (Å²) >= 11 is 0. The molecule has 0 unspecified atom stereocenters. The van der Waals surface area contributed by atoms with Crippen molar-refractivity contribution in [3.05, 3.63) is 60.0 Å². The molecule has 0 atom stereocenters. The zero-order valence-corrected chi connectivity index (χ0v) is 14.6. The molecule has 0 spiro atoms. The summed E-state index contributed by atoms with van der Waals surface area (Å²) in [6.45, 7) is 2.07. The molecule has 0 saturated carbocycles. The molecule has 0 aliphatic heterocycles. The van der Waals surface area contributed by atoms with Crippen molar-refractivity contribution in [3.8, 4) is 17.1 Å². The highest BCUT2D eigenvalue weighted by Gasteiger charge is 2.12. The Morgan fingerprint density at radius 1 is 1.12 bits per heavy atom. The zero-order valence-electron chi connectivity index (χ0n) is 13.8. The number of nitrogens with zero attached hydrogens (tertiary/aromatic N) is 2. The monoisotopic (exact) mass is 359 g/mol. The van der Waals surface area contributed by atoms with E-state index in [4.69, 9.17) is 9.26 Å². The van der Waals surface area contributed by atoms with Gasteiger partial charge in [-0.2, -0.15) is 4.98 Å².